The number of para-hydroxylation sites is 1. The van der Waals surface area contributed by atoms with E-state index in [4.69, 9.17) is 16.3 Å². The van der Waals surface area contributed by atoms with Crippen molar-refractivity contribution < 1.29 is 4.74 Å². The lowest BCUT2D eigenvalue weighted by Gasteiger charge is -2.25. The van der Waals surface area contributed by atoms with Crippen LogP contribution in [0.25, 0.3) is 21.8 Å². The molecule has 21 heavy (non-hydrogen) atoms. The average Bonchev–Trinajstić information content (AvgIpc) is 2.82. The highest BCUT2D eigenvalue weighted by Crippen LogP contribution is 2.35. The summed E-state index contributed by atoms with van der Waals surface area (Å²) in [6, 6.07) is 14.6. The van der Waals surface area contributed by atoms with Gasteiger partial charge in [0, 0.05) is 41.0 Å². The summed E-state index contributed by atoms with van der Waals surface area (Å²) in [5, 5.41) is 3.23. The molecule has 4 rings (SSSR count). The summed E-state index contributed by atoms with van der Waals surface area (Å²) in [6.45, 7) is 3.50. The Labute approximate surface area is 132 Å². The predicted octanol–water partition coefficient (Wildman–Crippen LogP) is 4.19. The summed E-state index contributed by atoms with van der Waals surface area (Å²) < 4.78 is 10.1. The van der Waals surface area contributed by atoms with Crippen LogP contribution >= 0.6 is 23.7 Å². The maximum absolute atomic E-state index is 6.18. The minimum atomic E-state index is 0.779. The molecule has 0 amide bonds. The zero-order chi connectivity index (χ0) is 14.2. The Morgan fingerprint density at radius 2 is 1.71 bits per heavy atom. The van der Waals surface area contributed by atoms with Crippen molar-refractivity contribution in [2.24, 2.45) is 0 Å². The van der Waals surface area contributed by atoms with E-state index in [1.807, 2.05) is 6.07 Å². The molecule has 0 unspecified atom stereocenters. The SMILES string of the molecule is Clc1ccc2c(c1)c1ccccc1n2SN1CCOCC1. The topological polar surface area (TPSA) is 17.4 Å². The third kappa shape index (κ3) is 2.42. The third-order valence-electron chi connectivity index (χ3n) is 3.76. The van der Waals surface area contributed by atoms with Crippen LogP contribution in [0, 0.1) is 0 Å². The highest BCUT2D eigenvalue weighted by molar-refractivity contribution is 7.95. The summed E-state index contributed by atoms with van der Waals surface area (Å²) in [4.78, 5) is 0. The normalized spacial score (nSPS) is 16.8. The lowest BCUT2D eigenvalue weighted by Crippen LogP contribution is -2.31. The number of benzene rings is 2. The van der Waals surface area contributed by atoms with E-state index in [1.54, 1.807) is 12.1 Å². The molecule has 2 heterocycles. The number of aromatic nitrogens is 1. The average molecular weight is 319 g/mol. The summed E-state index contributed by atoms with van der Waals surface area (Å²) in [5.41, 5.74) is 2.43. The fraction of sp³-hybridized carbons (Fsp3) is 0.250. The number of halogens is 1. The van der Waals surface area contributed by atoms with Gasteiger partial charge in [0.25, 0.3) is 0 Å². The Balaban J connectivity index is 1.88. The molecule has 3 nitrogen and oxygen atoms in total. The highest BCUT2D eigenvalue weighted by Gasteiger charge is 2.16. The van der Waals surface area contributed by atoms with Crippen LogP contribution in [-0.4, -0.2) is 34.6 Å². The lowest BCUT2D eigenvalue weighted by atomic mass is 10.2. The van der Waals surface area contributed by atoms with Crippen LogP contribution in [0.5, 0.6) is 0 Å². The van der Waals surface area contributed by atoms with Crippen molar-refractivity contribution in [3.8, 4) is 0 Å². The van der Waals surface area contributed by atoms with Gasteiger partial charge in [0.05, 0.1) is 24.2 Å². The zero-order valence-electron chi connectivity index (χ0n) is 11.5. The molecule has 2 aromatic carbocycles. The number of rotatable bonds is 2. The molecule has 0 bridgehead atoms. The van der Waals surface area contributed by atoms with E-state index < -0.39 is 0 Å². The standard InChI is InChI=1S/C16H15ClN2OS/c17-12-5-6-16-14(11-12)13-3-1-2-4-15(13)19(16)21-18-7-9-20-10-8-18/h1-6,11H,7-10H2. The van der Waals surface area contributed by atoms with Gasteiger partial charge in [0.1, 0.15) is 0 Å². The Morgan fingerprint density at radius 1 is 0.952 bits per heavy atom. The second-order valence-electron chi connectivity index (χ2n) is 5.10. The van der Waals surface area contributed by atoms with Crippen LogP contribution < -0.4 is 0 Å². The van der Waals surface area contributed by atoms with E-state index in [9.17, 15) is 0 Å². The first kappa shape index (κ1) is 13.5. The van der Waals surface area contributed by atoms with Gasteiger partial charge in [-0.05, 0) is 24.3 Å². The molecule has 1 fully saturated rings. The van der Waals surface area contributed by atoms with E-state index in [0.717, 1.165) is 31.3 Å². The van der Waals surface area contributed by atoms with Crippen LogP contribution in [0.1, 0.15) is 0 Å². The van der Waals surface area contributed by atoms with Crippen molar-refractivity contribution in [1.82, 2.24) is 8.28 Å². The Morgan fingerprint density at radius 3 is 2.57 bits per heavy atom. The molecule has 0 N–H and O–H groups in total. The van der Waals surface area contributed by atoms with Gasteiger partial charge in [0.2, 0.25) is 0 Å². The summed E-state index contributed by atoms with van der Waals surface area (Å²) in [5.74, 6) is 0. The van der Waals surface area contributed by atoms with Crippen LogP contribution in [0.2, 0.25) is 5.02 Å². The molecule has 0 aliphatic carbocycles. The molecule has 5 heteroatoms. The van der Waals surface area contributed by atoms with Crippen molar-refractivity contribution in [3.05, 3.63) is 47.5 Å². The first-order chi connectivity index (χ1) is 10.3. The van der Waals surface area contributed by atoms with Crippen LogP contribution in [-0.2, 0) is 4.74 Å². The van der Waals surface area contributed by atoms with Gasteiger partial charge in [-0.15, -0.1) is 0 Å². The zero-order valence-corrected chi connectivity index (χ0v) is 13.0. The highest BCUT2D eigenvalue weighted by atomic mass is 35.5. The molecule has 1 aromatic heterocycles. The molecule has 108 valence electrons. The second-order valence-corrected chi connectivity index (χ2v) is 6.58. The molecular formula is C16H15ClN2OS. The molecule has 0 atom stereocenters. The van der Waals surface area contributed by atoms with E-state index in [-0.39, 0.29) is 0 Å². The largest absolute Gasteiger partial charge is 0.379 e. The first-order valence-electron chi connectivity index (χ1n) is 7.03. The Hall–Kier alpha value is -1.20. The maximum atomic E-state index is 6.18. The number of fused-ring (bicyclic) bond motifs is 3. The molecule has 1 aliphatic heterocycles. The van der Waals surface area contributed by atoms with Crippen molar-refractivity contribution in [1.29, 1.82) is 0 Å². The van der Waals surface area contributed by atoms with Crippen LogP contribution in [0.3, 0.4) is 0 Å². The molecule has 3 aromatic rings. The van der Waals surface area contributed by atoms with Gasteiger partial charge < -0.3 is 4.74 Å². The fourth-order valence-electron chi connectivity index (χ4n) is 2.74. The molecule has 0 radical (unpaired) electrons. The number of ether oxygens (including phenoxy) is 1. The van der Waals surface area contributed by atoms with E-state index >= 15 is 0 Å². The van der Waals surface area contributed by atoms with E-state index in [1.165, 1.54) is 21.8 Å². The van der Waals surface area contributed by atoms with Crippen molar-refractivity contribution >= 4 is 45.5 Å². The summed E-state index contributed by atoms with van der Waals surface area (Å²) in [7, 11) is 0. The van der Waals surface area contributed by atoms with Gasteiger partial charge in [-0.3, -0.25) is 3.97 Å². The quantitative estimate of drug-likeness (QED) is 0.660. The van der Waals surface area contributed by atoms with Crippen LogP contribution in [0.15, 0.2) is 42.5 Å². The van der Waals surface area contributed by atoms with E-state index in [2.05, 4.69) is 44.7 Å². The molecule has 0 spiro atoms. The fourth-order valence-corrected chi connectivity index (χ4v) is 3.95. The Kier molecular flexibility index (Phi) is 3.55. The third-order valence-corrected chi connectivity index (χ3v) is 5.15. The maximum Gasteiger partial charge on any atom is 0.0618 e. The van der Waals surface area contributed by atoms with Gasteiger partial charge in [0.15, 0.2) is 0 Å². The second kappa shape index (κ2) is 5.54. The van der Waals surface area contributed by atoms with Crippen molar-refractivity contribution in [3.63, 3.8) is 0 Å². The van der Waals surface area contributed by atoms with Gasteiger partial charge in [-0.25, -0.2) is 4.31 Å². The van der Waals surface area contributed by atoms with Crippen LogP contribution in [0.4, 0.5) is 0 Å². The van der Waals surface area contributed by atoms with Crippen molar-refractivity contribution in [2.75, 3.05) is 26.3 Å². The number of morpholine rings is 1. The minimum Gasteiger partial charge on any atom is -0.379 e. The van der Waals surface area contributed by atoms with E-state index in [0.29, 0.717) is 0 Å². The minimum absolute atomic E-state index is 0.779. The number of nitrogens with zero attached hydrogens (tertiary/aromatic N) is 2. The summed E-state index contributed by atoms with van der Waals surface area (Å²) in [6.07, 6.45) is 0. The van der Waals surface area contributed by atoms with Gasteiger partial charge >= 0.3 is 0 Å². The molecule has 0 saturated carbocycles. The van der Waals surface area contributed by atoms with Gasteiger partial charge in [-0.2, -0.15) is 0 Å². The number of hydrogen-bond donors (Lipinski definition) is 0. The summed E-state index contributed by atoms with van der Waals surface area (Å²) >= 11 is 7.94. The van der Waals surface area contributed by atoms with Crippen molar-refractivity contribution in [2.45, 2.75) is 0 Å². The molecule has 1 saturated heterocycles. The lowest BCUT2D eigenvalue weighted by molar-refractivity contribution is 0.0771. The predicted molar refractivity (Wildman–Crippen MR) is 89.8 cm³/mol. The first-order valence-corrected chi connectivity index (χ1v) is 8.13. The Bertz CT molecular complexity index is 795. The monoisotopic (exact) mass is 318 g/mol. The molecule has 1 aliphatic rings. The van der Waals surface area contributed by atoms with Gasteiger partial charge in [-0.1, -0.05) is 29.8 Å². The molecular weight excluding hydrogens is 304 g/mol. The smallest absolute Gasteiger partial charge is 0.0618 e. The number of hydrogen-bond acceptors (Lipinski definition) is 3.